The van der Waals surface area contributed by atoms with E-state index in [1.165, 1.54) is 19.3 Å². The van der Waals surface area contributed by atoms with Crippen molar-refractivity contribution in [3.05, 3.63) is 0 Å². The zero-order valence-corrected chi connectivity index (χ0v) is 5.60. The van der Waals surface area contributed by atoms with Crippen molar-refractivity contribution in [3.63, 3.8) is 0 Å². The van der Waals surface area contributed by atoms with Crippen LogP contribution in [0.15, 0.2) is 0 Å². The molecule has 0 spiro atoms. The number of aldehydes is 1. The average Bonchev–Trinajstić information content (AvgIpc) is 1.91. The maximum atomic E-state index is 10.0. The van der Waals surface area contributed by atoms with Gasteiger partial charge in [-0.15, -0.1) is 0 Å². The lowest BCUT2D eigenvalue weighted by Crippen LogP contribution is -2.33. The summed E-state index contributed by atoms with van der Waals surface area (Å²) >= 11 is 0. The normalized spacial score (nSPS) is 27.8. The maximum Gasteiger partial charge on any atom is 0.121 e. The van der Waals surface area contributed by atoms with E-state index < -0.39 is 0 Å². The fourth-order valence-electron chi connectivity index (χ4n) is 1.24. The van der Waals surface area contributed by atoms with Crippen LogP contribution in [0.25, 0.3) is 0 Å². The van der Waals surface area contributed by atoms with Gasteiger partial charge in [-0.05, 0) is 19.4 Å². The summed E-state index contributed by atoms with van der Waals surface area (Å²) in [5, 5.41) is 3.29. The number of piperidine rings is 1. The second-order valence-corrected chi connectivity index (χ2v) is 2.55. The third-order valence-electron chi connectivity index (χ3n) is 1.79. The Labute approximate surface area is 55.6 Å². The van der Waals surface area contributed by atoms with Gasteiger partial charge < -0.3 is 10.1 Å². The van der Waals surface area contributed by atoms with Crippen LogP contribution in [0.5, 0.6) is 0 Å². The Balaban J connectivity index is 2.15. The van der Waals surface area contributed by atoms with Crippen molar-refractivity contribution in [1.29, 1.82) is 0 Å². The minimum absolute atomic E-state index is 0.483. The first-order chi connectivity index (χ1) is 4.43. The zero-order chi connectivity index (χ0) is 6.53. The molecular formula is C7H13NO. The lowest BCUT2D eigenvalue weighted by atomic mass is 10.0. The van der Waals surface area contributed by atoms with Crippen molar-refractivity contribution < 1.29 is 4.79 Å². The van der Waals surface area contributed by atoms with Gasteiger partial charge in [0, 0.05) is 12.5 Å². The summed E-state index contributed by atoms with van der Waals surface area (Å²) in [4.78, 5) is 10.0. The molecule has 1 fully saturated rings. The number of carbonyl (C=O) groups is 1. The van der Waals surface area contributed by atoms with E-state index >= 15 is 0 Å². The Morgan fingerprint density at radius 3 is 3.00 bits per heavy atom. The van der Waals surface area contributed by atoms with Gasteiger partial charge in [0.1, 0.15) is 6.29 Å². The molecule has 1 aliphatic rings. The molecule has 0 aromatic rings. The van der Waals surface area contributed by atoms with E-state index in [0.29, 0.717) is 12.5 Å². The summed E-state index contributed by atoms with van der Waals surface area (Å²) in [6.45, 7) is 1.10. The maximum absolute atomic E-state index is 10.0. The van der Waals surface area contributed by atoms with Crippen molar-refractivity contribution in [1.82, 2.24) is 5.32 Å². The molecule has 1 heterocycles. The summed E-state index contributed by atoms with van der Waals surface area (Å²) in [5.74, 6) is 0. The van der Waals surface area contributed by atoms with Gasteiger partial charge in [-0.3, -0.25) is 0 Å². The van der Waals surface area contributed by atoms with Gasteiger partial charge in [0.05, 0.1) is 0 Å². The van der Waals surface area contributed by atoms with Crippen molar-refractivity contribution in [2.45, 2.75) is 31.7 Å². The number of rotatable bonds is 2. The molecule has 0 aliphatic carbocycles. The predicted octanol–water partition coefficient (Wildman–Crippen LogP) is 0.718. The second-order valence-electron chi connectivity index (χ2n) is 2.55. The van der Waals surface area contributed by atoms with Crippen LogP contribution in [-0.4, -0.2) is 18.9 Å². The van der Waals surface area contributed by atoms with Gasteiger partial charge in [-0.1, -0.05) is 6.42 Å². The lowest BCUT2D eigenvalue weighted by molar-refractivity contribution is -0.108. The Morgan fingerprint density at radius 2 is 2.44 bits per heavy atom. The lowest BCUT2D eigenvalue weighted by Gasteiger charge is -2.20. The third-order valence-corrected chi connectivity index (χ3v) is 1.79. The predicted molar refractivity (Wildman–Crippen MR) is 36.3 cm³/mol. The molecular weight excluding hydrogens is 114 g/mol. The highest BCUT2D eigenvalue weighted by molar-refractivity contribution is 5.50. The summed E-state index contributed by atoms with van der Waals surface area (Å²) in [6, 6.07) is 0.483. The summed E-state index contributed by atoms with van der Waals surface area (Å²) < 4.78 is 0. The first-order valence-electron chi connectivity index (χ1n) is 3.60. The van der Waals surface area contributed by atoms with E-state index in [2.05, 4.69) is 5.32 Å². The van der Waals surface area contributed by atoms with Crippen LogP contribution in [0.3, 0.4) is 0 Å². The summed E-state index contributed by atoms with van der Waals surface area (Å²) in [5.41, 5.74) is 0. The number of hydrogen-bond donors (Lipinski definition) is 1. The molecule has 1 rings (SSSR count). The van der Waals surface area contributed by atoms with E-state index in [9.17, 15) is 4.79 Å². The molecule has 1 unspecified atom stereocenters. The van der Waals surface area contributed by atoms with Crippen LogP contribution in [-0.2, 0) is 4.79 Å². The number of hydrogen-bond acceptors (Lipinski definition) is 2. The van der Waals surface area contributed by atoms with Gasteiger partial charge in [0.25, 0.3) is 0 Å². The van der Waals surface area contributed by atoms with Crippen molar-refractivity contribution in [3.8, 4) is 0 Å². The molecule has 0 bridgehead atoms. The zero-order valence-electron chi connectivity index (χ0n) is 5.60. The van der Waals surface area contributed by atoms with E-state index in [-0.39, 0.29) is 0 Å². The van der Waals surface area contributed by atoms with Crippen LogP contribution >= 0.6 is 0 Å². The molecule has 0 saturated carbocycles. The molecule has 1 saturated heterocycles. The SMILES string of the molecule is O=CCC1CCCCN1. The van der Waals surface area contributed by atoms with Crippen LogP contribution in [0.2, 0.25) is 0 Å². The topological polar surface area (TPSA) is 29.1 Å². The van der Waals surface area contributed by atoms with Crippen molar-refractivity contribution >= 4 is 6.29 Å². The molecule has 9 heavy (non-hydrogen) atoms. The van der Waals surface area contributed by atoms with Gasteiger partial charge in [0.2, 0.25) is 0 Å². The van der Waals surface area contributed by atoms with Gasteiger partial charge >= 0.3 is 0 Å². The van der Waals surface area contributed by atoms with Gasteiger partial charge in [0.15, 0.2) is 0 Å². The first kappa shape index (κ1) is 6.75. The van der Waals surface area contributed by atoms with Crippen molar-refractivity contribution in [2.24, 2.45) is 0 Å². The minimum atomic E-state index is 0.483. The minimum Gasteiger partial charge on any atom is -0.314 e. The Kier molecular flexibility index (Phi) is 2.71. The highest BCUT2D eigenvalue weighted by Crippen LogP contribution is 2.07. The molecule has 0 radical (unpaired) electrons. The largest absolute Gasteiger partial charge is 0.314 e. The molecule has 1 atom stereocenters. The highest BCUT2D eigenvalue weighted by Gasteiger charge is 2.10. The molecule has 0 aromatic heterocycles. The first-order valence-corrected chi connectivity index (χ1v) is 3.60. The Morgan fingerprint density at radius 1 is 1.56 bits per heavy atom. The van der Waals surface area contributed by atoms with Gasteiger partial charge in [-0.2, -0.15) is 0 Å². The third kappa shape index (κ3) is 2.14. The van der Waals surface area contributed by atoms with Crippen LogP contribution in [0, 0.1) is 0 Å². The summed E-state index contributed by atoms with van der Waals surface area (Å²) in [6.07, 6.45) is 5.43. The Hall–Kier alpha value is -0.370. The van der Waals surface area contributed by atoms with Gasteiger partial charge in [-0.25, -0.2) is 0 Å². The standard InChI is InChI=1S/C7H13NO/c9-6-4-7-3-1-2-5-8-7/h6-8H,1-5H2. The van der Waals surface area contributed by atoms with E-state index in [1.54, 1.807) is 0 Å². The van der Waals surface area contributed by atoms with E-state index in [1.807, 2.05) is 0 Å². The quantitative estimate of drug-likeness (QED) is 0.554. The van der Waals surface area contributed by atoms with Crippen LogP contribution in [0.1, 0.15) is 25.7 Å². The molecule has 0 amide bonds. The summed E-state index contributed by atoms with van der Waals surface area (Å²) in [7, 11) is 0. The fourth-order valence-corrected chi connectivity index (χ4v) is 1.24. The smallest absolute Gasteiger partial charge is 0.121 e. The van der Waals surface area contributed by atoms with E-state index in [0.717, 1.165) is 12.8 Å². The van der Waals surface area contributed by atoms with E-state index in [4.69, 9.17) is 0 Å². The van der Waals surface area contributed by atoms with Crippen LogP contribution < -0.4 is 5.32 Å². The molecule has 1 N–H and O–H groups in total. The fraction of sp³-hybridized carbons (Fsp3) is 0.857. The monoisotopic (exact) mass is 127 g/mol. The molecule has 0 aromatic carbocycles. The number of carbonyl (C=O) groups excluding carboxylic acids is 1. The number of nitrogens with one attached hydrogen (secondary N) is 1. The van der Waals surface area contributed by atoms with Crippen molar-refractivity contribution in [2.75, 3.05) is 6.54 Å². The molecule has 2 heteroatoms. The average molecular weight is 127 g/mol. The Bertz CT molecular complexity index is 86.9. The molecule has 2 nitrogen and oxygen atoms in total. The highest BCUT2D eigenvalue weighted by atomic mass is 16.1. The van der Waals surface area contributed by atoms with Crippen LogP contribution in [0.4, 0.5) is 0 Å². The second kappa shape index (κ2) is 3.62. The molecule has 52 valence electrons. The molecule has 1 aliphatic heterocycles.